The molecular formula is C8H12N2O2S2. The highest BCUT2D eigenvalue weighted by Crippen LogP contribution is 2.31. The molecular weight excluding hydrogens is 220 g/mol. The molecule has 1 aromatic heterocycles. The second-order valence-corrected chi connectivity index (χ2v) is 5.83. The molecule has 0 aliphatic rings. The van der Waals surface area contributed by atoms with E-state index in [4.69, 9.17) is 10.8 Å². The standard InChI is InChI=1S/C8H12N2O2S2/c1-8(2,6(11)12)4-13-5-3-10-7(9)14-5/h3H,4H2,1-2H3,(H2,9,10)(H,11,12). The van der Waals surface area contributed by atoms with Crippen LogP contribution in [0, 0.1) is 5.41 Å². The molecule has 0 fully saturated rings. The minimum atomic E-state index is -0.789. The predicted octanol–water partition coefficient (Wildman–Crippen LogP) is 1.93. The molecule has 0 amide bonds. The maximum atomic E-state index is 10.8. The molecule has 0 saturated carbocycles. The van der Waals surface area contributed by atoms with Crippen LogP contribution in [0.4, 0.5) is 5.13 Å². The number of aliphatic carboxylic acids is 1. The minimum absolute atomic E-state index is 0.514. The maximum absolute atomic E-state index is 10.8. The van der Waals surface area contributed by atoms with Gasteiger partial charge in [0.25, 0.3) is 0 Å². The fraction of sp³-hybridized carbons (Fsp3) is 0.500. The summed E-state index contributed by atoms with van der Waals surface area (Å²) < 4.78 is 0.955. The highest BCUT2D eigenvalue weighted by atomic mass is 32.2. The van der Waals surface area contributed by atoms with Gasteiger partial charge in [-0.05, 0) is 13.8 Å². The third kappa shape index (κ3) is 2.88. The quantitative estimate of drug-likeness (QED) is 0.776. The van der Waals surface area contributed by atoms with Gasteiger partial charge in [-0.25, -0.2) is 4.98 Å². The van der Waals surface area contributed by atoms with Crippen LogP contribution in [-0.4, -0.2) is 21.8 Å². The molecule has 1 rings (SSSR count). The van der Waals surface area contributed by atoms with Gasteiger partial charge in [0.05, 0.1) is 15.8 Å². The Morgan fingerprint density at radius 2 is 2.43 bits per heavy atom. The van der Waals surface area contributed by atoms with Gasteiger partial charge in [-0.15, -0.1) is 11.8 Å². The first-order valence-corrected chi connectivity index (χ1v) is 5.79. The van der Waals surface area contributed by atoms with Crippen LogP contribution >= 0.6 is 23.1 Å². The van der Waals surface area contributed by atoms with E-state index in [1.165, 1.54) is 23.1 Å². The Balaban J connectivity index is 2.52. The number of thioether (sulfide) groups is 1. The van der Waals surface area contributed by atoms with Crippen molar-refractivity contribution in [1.82, 2.24) is 4.98 Å². The van der Waals surface area contributed by atoms with Crippen LogP contribution in [-0.2, 0) is 4.79 Å². The van der Waals surface area contributed by atoms with E-state index in [1.54, 1.807) is 20.0 Å². The lowest BCUT2D eigenvalue weighted by atomic mass is 9.97. The van der Waals surface area contributed by atoms with Crippen LogP contribution in [0.3, 0.4) is 0 Å². The third-order valence-electron chi connectivity index (χ3n) is 1.66. The average molecular weight is 232 g/mol. The SMILES string of the molecule is CC(C)(CSc1cnc(N)s1)C(=O)O. The van der Waals surface area contributed by atoms with Gasteiger partial charge in [-0.1, -0.05) is 11.3 Å². The molecule has 3 N–H and O–H groups in total. The van der Waals surface area contributed by atoms with Crippen molar-refractivity contribution in [2.24, 2.45) is 5.41 Å². The number of carboxylic acids is 1. The Labute approximate surface area is 90.5 Å². The first kappa shape index (κ1) is 11.3. The Morgan fingerprint density at radius 3 is 2.86 bits per heavy atom. The van der Waals surface area contributed by atoms with E-state index in [0.29, 0.717) is 10.9 Å². The van der Waals surface area contributed by atoms with E-state index < -0.39 is 11.4 Å². The zero-order valence-electron chi connectivity index (χ0n) is 7.98. The minimum Gasteiger partial charge on any atom is -0.481 e. The second kappa shape index (κ2) is 4.18. The van der Waals surface area contributed by atoms with Crippen molar-refractivity contribution in [2.45, 2.75) is 18.1 Å². The summed E-state index contributed by atoms with van der Waals surface area (Å²) in [5.74, 6) is -0.272. The Bertz CT molecular complexity index is 336. The van der Waals surface area contributed by atoms with Crippen molar-refractivity contribution in [3.05, 3.63) is 6.20 Å². The van der Waals surface area contributed by atoms with Gasteiger partial charge in [0.2, 0.25) is 0 Å². The molecule has 0 unspecified atom stereocenters. The Kier molecular flexibility index (Phi) is 3.38. The molecule has 0 aliphatic heterocycles. The Hall–Kier alpha value is -0.750. The normalized spacial score (nSPS) is 11.6. The summed E-state index contributed by atoms with van der Waals surface area (Å²) in [6.07, 6.45) is 1.67. The number of hydrogen-bond donors (Lipinski definition) is 2. The zero-order chi connectivity index (χ0) is 10.8. The number of rotatable bonds is 4. The zero-order valence-corrected chi connectivity index (χ0v) is 9.61. The molecule has 1 aromatic rings. The molecule has 0 radical (unpaired) electrons. The maximum Gasteiger partial charge on any atom is 0.309 e. The van der Waals surface area contributed by atoms with E-state index >= 15 is 0 Å². The first-order valence-electron chi connectivity index (χ1n) is 3.99. The molecule has 14 heavy (non-hydrogen) atoms. The topological polar surface area (TPSA) is 76.2 Å². The highest BCUT2D eigenvalue weighted by Gasteiger charge is 2.27. The summed E-state index contributed by atoms with van der Waals surface area (Å²) in [4.78, 5) is 14.7. The third-order valence-corrected chi connectivity index (χ3v) is 4.14. The average Bonchev–Trinajstić information content (AvgIpc) is 2.48. The number of nitrogens with two attached hydrogens (primary N) is 1. The molecule has 6 heteroatoms. The lowest BCUT2D eigenvalue weighted by Gasteiger charge is -2.17. The molecule has 4 nitrogen and oxygen atoms in total. The van der Waals surface area contributed by atoms with Crippen molar-refractivity contribution in [1.29, 1.82) is 0 Å². The van der Waals surface area contributed by atoms with Crippen molar-refractivity contribution >= 4 is 34.2 Å². The first-order chi connectivity index (χ1) is 6.42. The van der Waals surface area contributed by atoms with Crippen LogP contribution in [0.2, 0.25) is 0 Å². The van der Waals surface area contributed by atoms with Crippen LogP contribution in [0.25, 0.3) is 0 Å². The summed E-state index contributed by atoms with van der Waals surface area (Å²) in [7, 11) is 0. The number of hydrogen-bond acceptors (Lipinski definition) is 5. The fourth-order valence-corrected chi connectivity index (χ4v) is 2.49. The molecule has 0 atom stereocenters. The lowest BCUT2D eigenvalue weighted by molar-refractivity contribution is -0.145. The number of anilines is 1. The van der Waals surface area contributed by atoms with E-state index in [2.05, 4.69) is 4.98 Å². The van der Waals surface area contributed by atoms with Gasteiger partial charge < -0.3 is 10.8 Å². The second-order valence-electron chi connectivity index (χ2n) is 3.50. The largest absolute Gasteiger partial charge is 0.481 e. The van der Waals surface area contributed by atoms with Crippen LogP contribution in [0.5, 0.6) is 0 Å². The van der Waals surface area contributed by atoms with Gasteiger partial charge in [0.15, 0.2) is 5.13 Å². The van der Waals surface area contributed by atoms with Crippen LogP contribution < -0.4 is 5.73 Å². The van der Waals surface area contributed by atoms with Crippen molar-refractivity contribution in [2.75, 3.05) is 11.5 Å². The summed E-state index contributed by atoms with van der Waals surface area (Å²) >= 11 is 2.85. The summed E-state index contributed by atoms with van der Waals surface area (Å²) in [5, 5.41) is 9.39. The molecule has 0 aliphatic carbocycles. The van der Waals surface area contributed by atoms with E-state index in [9.17, 15) is 4.79 Å². The lowest BCUT2D eigenvalue weighted by Crippen LogP contribution is -2.26. The number of nitrogens with zero attached hydrogens (tertiary/aromatic N) is 1. The monoisotopic (exact) mass is 232 g/mol. The van der Waals surface area contributed by atoms with Crippen molar-refractivity contribution in [3.63, 3.8) is 0 Å². The van der Waals surface area contributed by atoms with Gasteiger partial charge in [0, 0.05) is 5.75 Å². The fourth-order valence-electron chi connectivity index (χ4n) is 0.652. The van der Waals surface area contributed by atoms with Crippen LogP contribution in [0.1, 0.15) is 13.8 Å². The van der Waals surface area contributed by atoms with Crippen molar-refractivity contribution in [3.8, 4) is 0 Å². The van der Waals surface area contributed by atoms with E-state index in [-0.39, 0.29) is 0 Å². The molecule has 0 spiro atoms. The van der Waals surface area contributed by atoms with E-state index in [1.807, 2.05) is 0 Å². The number of carbonyl (C=O) groups is 1. The molecule has 1 heterocycles. The van der Waals surface area contributed by atoms with E-state index in [0.717, 1.165) is 4.21 Å². The molecule has 0 aromatic carbocycles. The number of nitrogen functional groups attached to an aromatic ring is 1. The summed E-state index contributed by atoms with van der Waals surface area (Å²) in [5.41, 5.74) is 4.74. The van der Waals surface area contributed by atoms with Gasteiger partial charge in [0.1, 0.15) is 0 Å². The number of carboxylic acid groups (broad SMARTS) is 1. The predicted molar refractivity (Wildman–Crippen MR) is 58.7 cm³/mol. The summed E-state index contributed by atoms with van der Waals surface area (Å²) in [6, 6.07) is 0. The number of thiazole rings is 1. The summed E-state index contributed by atoms with van der Waals surface area (Å²) in [6.45, 7) is 3.40. The Morgan fingerprint density at radius 1 is 1.79 bits per heavy atom. The van der Waals surface area contributed by atoms with Gasteiger partial charge in [-0.2, -0.15) is 0 Å². The van der Waals surface area contributed by atoms with Gasteiger partial charge >= 0.3 is 5.97 Å². The van der Waals surface area contributed by atoms with Crippen molar-refractivity contribution < 1.29 is 9.90 Å². The molecule has 0 saturated heterocycles. The molecule has 78 valence electrons. The molecule has 0 bridgehead atoms. The smallest absolute Gasteiger partial charge is 0.309 e. The highest BCUT2D eigenvalue weighted by molar-refractivity contribution is 8.01. The van der Waals surface area contributed by atoms with Gasteiger partial charge in [-0.3, -0.25) is 4.79 Å². The number of aromatic nitrogens is 1. The van der Waals surface area contributed by atoms with Crippen LogP contribution in [0.15, 0.2) is 10.4 Å².